The molecule has 0 aliphatic carbocycles. The summed E-state index contributed by atoms with van der Waals surface area (Å²) < 4.78 is 40.9. The number of hydrogen-bond donors (Lipinski definition) is 2. The average molecular weight is 380 g/mol. The first-order valence-electron chi connectivity index (χ1n) is 5.51. The molecule has 1 heterocycles. The maximum atomic E-state index is 13.6. The first-order valence-corrected chi connectivity index (χ1v) is 8.61. The van der Waals surface area contributed by atoms with Crippen molar-refractivity contribution in [1.29, 1.82) is 0 Å². The standard InChI is InChI=1S/C12H11BrFNO3S2/c1-7-12(5-9(6-16)19-7)20(17,18)15-11-4-8(13)2-3-10(11)14/h2-5,15-16H,6H2,1H3. The molecule has 0 radical (unpaired) electrons. The summed E-state index contributed by atoms with van der Waals surface area (Å²) in [6, 6.07) is 5.38. The predicted molar refractivity (Wildman–Crippen MR) is 79.9 cm³/mol. The van der Waals surface area contributed by atoms with Crippen LogP contribution in [0.3, 0.4) is 0 Å². The van der Waals surface area contributed by atoms with E-state index >= 15 is 0 Å². The quantitative estimate of drug-likeness (QED) is 0.856. The van der Waals surface area contributed by atoms with Crippen LogP contribution in [0.2, 0.25) is 0 Å². The molecule has 0 atom stereocenters. The van der Waals surface area contributed by atoms with Crippen molar-refractivity contribution in [3.05, 3.63) is 44.3 Å². The van der Waals surface area contributed by atoms with Gasteiger partial charge >= 0.3 is 0 Å². The van der Waals surface area contributed by atoms with E-state index in [1.807, 2.05) is 0 Å². The molecule has 0 bridgehead atoms. The first kappa shape index (κ1) is 15.4. The third-order valence-electron chi connectivity index (χ3n) is 2.54. The van der Waals surface area contributed by atoms with Gasteiger partial charge in [-0.2, -0.15) is 0 Å². The van der Waals surface area contributed by atoms with Crippen molar-refractivity contribution < 1.29 is 17.9 Å². The number of aryl methyl sites for hydroxylation is 1. The zero-order valence-electron chi connectivity index (χ0n) is 10.4. The highest BCUT2D eigenvalue weighted by atomic mass is 79.9. The fourth-order valence-corrected chi connectivity index (χ4v) is 4.56. The molecule has 0 spiro atoms. The number of rotatable bonds is 4. The van der Waals surface area contributed by atoms with E-state index in [1.165, 1.54) is 35.6 Å². The molecule has 0 unspecified atom stereocenters. The molecule has 2 rings (SSSR count). The summed E-state index contributed by atoms with van der Waals surface area (Å²) >= 11 is 4.34. The van der Waals surface area contributed by atoms with Gasteiger partial charge in [0.15, 0.2) is 0 Å². The molecule has 0 aliphatic rings. The van der Waals surface area contributed by atoms with Gasteiger partial charge in [-0.15, -0.1) is 11.3 Å². The van der Waals surface area contributed by atoms with Gasteiger partial charge in [0.25, 0.3) is 10.0 Å². The Kier molecular flexibility index (Phi) is 4.48. The lowest BCUT2D eigenvalue weighted by Crippen LogP contribution is -2.14. The first-order chi connectivity index (χ1) is 9.33. The van der Waals surface area contributed by atoms with Crippen molar-refractivity contribution in [1.82, 2.24) is 0 Å². The van der Waals surface area contributed by atoms with Gasteiger partial charge in [-0.05, 0) is 31.2 Å². The largest absolute Gasteiger partial charge is 0.391 e. The molecule has 1 aromatic carbocycles. The van der Waals surface area contributed by atoms with Crippen LogP contribution in [0, 0.1) is 12.7 Å². The highest BCUT2D eigenvalue weighted by Gasteiger charge is 2.21. The minimum Gasteiger partial charge on any atom is -0.391 e. The van der Waals surface area contributed by atoms with E-state index < -0.39 is 15.8 Å². The molecule has 0 aliphatic heterocycles. The smallest absolute Gasteiger partial charge is 0.263 e. The van der Waals surface area contributed by atoms with Crippen molar-refractivity contribution >= 4 is 43.0 Å². The Bertz CT molecular complexity index is 743. The van der Waals surface area contributed by atoms with Crippen LogP contribution in [0.4, 0.5) is 10.1 Å². The normalized spacial score (nSPS) is 11.6. The molecule has 4 nitrogen and oxygen atoms in total. The molecule has 2 N–H and O–H groups in total. The van der Waals surface area contributed by atoms with Crippen LogP contribution in [0.1, 0.15) is 9.75 Å². The second kappa shape index (κ2) is 5.80. The lowest BCUT2D eigenvalue weighted by molar-refractivity contribution is 0.285. The maximum absolute atomic E-state index is 13.6. The zero-order valence-corrected chi connectivity index (χ0v) is 13.6. The van der Waals surface area contributed by atoms with Gasteiger partial charge in [0.1, 0.15) is 10.7 Å². The van der Waals surface area contributed by atoms with Crippen LogP contribution in [0.25, 0.3) is 0 Å². The highest BCUT2D eigenvalue weighted by molar-refractivity contribution is 9.10. The molecule has 0 saturated carbocycles. The minimum absolute atomic E-state index is 0.0472. The van der Waals surface area contributed by atoms with Crippen LogP contribution in [0.15, 0.2) is 33.6 Å². The van der Waals surface area contributed by atoms with E-state index in [2.05, 4.69) is 20.7 Å². The number of hydrogen-bond acceptors (Lipinski definition) is 4. The Morgan fingerprint density at radius 1 is 1.40 bits per heavy atom. The lowest BCUT2D eigenvalue weighted by atomic mass is 10.3. The van der Waals surface area contributed by atoms with Crippen LogP contribution >= 0.6 is 27.3 Å². The monoisotopic (exact) mass is 379 g/mol. The molecular weight excluding hydrogens is 369 g/mol. The van der Waals surface area contributed by atoms with E-state index in [0.29, 0.717) is 14.2 Å². The molecule has 0 amide bonds. The van der Waals surface area contributed by atoms with Crippen LogP contribution < -0.4 is 4.72 Å². The van der Waals surface area contributed by atoms with Crippen molar-refractivity contribution in [2.45, 2.75) is 18.4 Å². The van der Waals surface area contributed by atoms with E-state index in [1.54, 1.807) is 6.92 Å². The van der Waals surface area contributed by atoms with Crippen LogP contribution in [-0.4, -0.2) is 13.5 Å². The van der Waals surface area contributed by atoms with E-state index in [-0.39, 0.29) is 17.2 Å². The summed E-state index contributed by atoms with van der Waals surface area (Å²) in [5.74, 6) is -0.660. The van der Waals surface area contributed by atoms with Gasteiger partial charge in [-0.25, -0.2) is 12.8 Å². The summed E-state index contributed by atoms with van der Waals surface area (Å²) in [4.78, 5) is 1.13. The Morgan fingerprint density at radius 3 is 2.70 bits per heavy atom. The number of sulfonamides is 1. The number of aliphatic hydroxyl groups excluding tert-OH is 1. The van der Waals surface area contributed by atoms with Crippen molar-refractivity contribution in [3.8, 4) is 0 Å². The van der Waals surface area contributed by atoms with Crippen molar-refractivity contribution in [2.75, 3.05) is 4.72 Å². The van der Waals surface area contributed by atoms with Gasteiger partial charge in [0.05, 0.1) is 12.3 Å². The molecule has 0 fully saturated rings. The third-order valence-corrected chi connectivity index (χ3v) is 5.69. The topological polar surface area (TPSA) is 66.4 Å². The van der Waals surface area contributed by atoms with Crippen LogP contribution in [0.5, 0.6) is 0 Å². The minimum atomic E-state index is -3.88. The van der Waals surface area contributed by atoms with E-state index in [0.717, 1.165) is 0 Å². The van der Waals surface area contributed by atoms with Crippen molar-refractivity contribution in [3.63, 3.8) is 0 Å². The second-order valence-corrected chi connectivity index (χ2v) is 7.93. The SMILES string of the molecule is Cc1sc(CO)cc1S(=O)(=O)Nc1cc(Br)ccc1F. The Labute approximate surface area is 128 Å². The Balaban J connectivity index is 2.40. The molecule has 1 aromatic heterocycles. The fraction of sp³-hybridized carbons (Fsp3) is 0.167. The number of benzene rings is 1. The third kappa shape index (κ3) is 3.20. The van der Waals surface area contributed by atoms with E-state index in [9.17, 15) is 12.8 Å². The number of nitrogens with one attached hydrogen (secondary N) is 1. The molecule has 108 valence electrons. The molecule has 8 heteroatoms. The summed E-state index contributed by atoms with van der Waals surface area (Å²) in [6.07, 6.45) is 0. The number of anilines is 1. The van der Waals surface area contributed by atoms with Crippen molar-refractivity contribution in [2.24, 2.45) is 0 Å². The number of aliphatic hydroxyl groups is 1. The summed E-state index contributed by atoms with van der Waals surface area (Å²) in [5, 5.41) is 9.04. The fourth-order valence-electron chi connectivity index (χ4n) is 1.64. The number of thiophene rings is 1. The number of halogens is 2. The molecule has 20 heavy (non-hydrogen) atoms. The van der Waals surface area contributed by atoms with Crippen LogP contribution in [-0.2, 0) is 16.6 Å². The van der Waals surface area contributed by atoms with Gasteiger partial charge in [0, 0.05) is 14.2 Å². The second-order valence-electron chi connectivity index (χ2n) is 4.02. The Hall–Kier alpha value is -0.960. The lowest BCUT2D eigenvalue weighted by Gasteiger charge is -2.09. The average Bonchev–Trinajstić information content (AvgIpc) is 2.76. The van der Waals surface area contributed by atoms with Gasteiger partial charge in [-0.1, -0.05) is 15.9 Å². The van der Waals surface area contributed by atoms with Gasteiger partial charge in [-0.3, -0.25) is 4.72 Å². The predicted octanol–water partition coefficient (Wildman–Crippen LogP) is 3.25. The zero-order chi connectivity index (χ0) is 14.9. The molecule has 0 saturated heterocycles. The maximum Gasteiger partial charge on any atom is 0.263 e. The molecular formula is C12H11BrFNO3S2. The van der Waals surface area contributed by atoms with Gasteiger partial charge < -0.3 is 5.11 Å². The summed E-state index contributed by atoms with van der Waals surface area (Å²) in [5.41, 5.74) is -0.129. The molecule has 2 aromatic rings. The summed E-state index contributed by atoms with van der Waals surface area (Å²) in [6.45, 7) is 1.40. The summed E-state index contributed by atoms with van der Waals surface area (Å²) in [7, 11) is -3.88. The van der Waals surface area contributed by atoms with E-state index in [4.69, 9.17) is 5.11 Å². The Morgan fingerprint density at radius 2 is 2.10 bits per heavy atom. The highest BCUT2D eigenvalue weighted by Crippen LogP contribution is 2.29. The van der Waals surface area contributed by atoms with Gasteiger partial charge in [0.2, 0.25) is 0 Å².